The van der Waals surface area contributed by atoms with Gasteiger partial charge in [0.25, 0.3) is 0 Å². The molecule has 0 radical (unpaired) electrons. The Morgan fingerprint density at radius 2 is 1.82 bits per heavy atom. The highest BCUT2D eigenvalue weighted by atomic mass is 16.3. The lowest BCUT2D eigenvalue weighted by Crippen LogP contribution is -2.52. The topological polar surface area (TPSA) is 90.0 Å². The smallest absolute Gasteiger partial charge is 0.0991 e. The van der Waals surface area contributed by atoms with Gasteiger partial charge in [-0.2, -0.15) is 0 Å². The van der Waals surface area contributed by atoms with E-state index < -0.39 is 18.3 Å². The molecule has 0 aromatic rings. The maximum absolute atomic E-state index is 10.1. The predicted molar refractivity (Wildman–Crippen MR) is 64.4 cm³/mol. The minimum Gasteiger partial charge on any atom is -0.391 e. The van der Waals surface area contributed by atoms with E-state index in [1.165, 1.54) is 0 Å². The molecule has 0 saturated carbocycles. The summed E-state index contributed by atoms with van der Waals surface area (Å²) in [6, 6.07) is -0.268. The van der Waals surface area contributed by atoms with Gasteiger partial charge in [0.15, 0.2) is 0 Å². The average Bonchev–Trinajstić information content (AvgIpc) is 2.55. The summed E-state index contributed by atoms with van der Waals surface area (Å²) in [5.74, 6) is 0.463. The zero-order valence-electron chi connectivity index (χ0n) is 10.2. The molecule has 5 atom stereocenters. The predicted octanol–water partition coefficient (Wildman–Crippen LogP) is -1.10. The standard InChI is InChI=1S/C12H24N2O3/c13-4-2-1-3-8-5-9(15)11-12(17)10(16)7-14(11)6-8/h8-12,15-17H,1-7,13H2/t8-,9-,10-,11-,12-/m1/s1. The van der Waals surface area contributed by atoms with E-state index in [4.69, 9.17) is 5.73 Å². The summed E-state index contributed by atoms with van der Waals surface area (Å²) in [6.45, 7) is 2.08. The zero-order valence-corrected chi connectivity index (χ0v) is 10.2. The molecule has 0 unspecified atom stereocenters. The highest BCUT2D eigenvalue weighted by molar-refractivity contribution is 5.01. The molecule has 0 aromatic heterocycles. The Balaban J connectivity index is 1.88. The zero-order chi connectivity index (χ0) is 12.4. The van der Waals surface area contributed by atoms with Gasteiger partial charge >= 0.3 is 0 Å². The number of nitrogens with zero attached hydrogens (tertiary/aromatic N) is 1. The Bertz CT molecular complexity index is 252. The molecular formula is C12H24N2O3. The summed E-state index contributed by atoms with van der Waals surface area (Å²) >= 11 is 0. The van der Waals surface area contributed by atoms with Crippen LogP contribution in [0, 0.1) is 5.92 Å². The van der Waals surface area contributed by atoms with Gasteiger partial charge < -0.3 is 21.1 Å². The lowest BCUT2D eigenvalue weighted by molar-refractivity contribution is -0.0441. The Labute approximate surface area is 102 Å². The van der Waals surface area contributed by atoms with Crippen molar-refractivity contribution in [3.05, 3.63) is 0 Å². The average molecular weight is 244 g/mol. The number of aliphatic hydroxyl groups excluding tert-OH is 3. The van der Waals surface area contributed by atoms with E-state index in [2.05, 4.69) is 0 Å². The Hall–Kier alpha value is -0.200. The fourth-order valence-electron chi connectivity index (χ4n) is 3.25. The number of unbranched alkanes of at least 4 members (excludes halogenated alkanes) is 1. The minimum atomic E-state index is -0.796. The van der Waals surface area contributed by atoms with Crippen molar-refractivity contribution in [2.75, 3.05) is 19.6 Å². The molecule has 0 amide bonds. The molecule has 5 nitrogen and oxygen atoms in total. The first-order valence-electron chi connectivity index (χ1n) is 6.61. The van der Waals surface area contributed by atoms with Crippen LogP contribution in [0.1, 0.15) is 25.7 Å². The van der Waals surface area contributed by atoms with Gasteiger partial charge in [0.1, 0.15) is 0 Å². The summed E-state index contributed by atoms with van der Waals surface area (Å²) in [4.78, 5) is 2.04. The van der Waals surface area contributed by atoms with Crippen LogP contribution in [-0.4, -0.2) is 64.2 Å². The van der Waals surface area contributed by atoms with Gasteiger partial charge in [-0.1, -0.05) is 6.42 Å². The molecule has 0 spiro atoms. The molecule has 0 aliphatic carbocycles. The van der Waals surface area contributed by atoms with Crippen molar-refractivity contribution in [1.82, 2.24) is 4.90 Å². The summed E-state index contributed by atoms with van der Waals surface area (Å²) in [5, 5.41) is 29.5. The first-order valence-corrected chi connectivity index (χ1v) is 6.61. The van der Waals surface area contributed by atoms with Crippen molar-refractivity contribution >= 4 is 0 Å². The van der Waals surface area contributed by atoms with E-state index in [1.54, 1.807) is 0 Å². The quantitative estimate of drug-likeness (QED) is 0.472. The van der Waals surface area contributed by atoms with E-state index in [1.807, 2.05) is 4.90 Å². The lowest BCUT2D eigenvalue weighted by Gasteiger charge is -2.39. The van der Waals surface area contributed by atoms with Gasteiger partial charge in [0.05, 0.1) is 24.4 Å². The van der Waals surface area contributed by atoms with Crippen LogP contribution in [0.5, 0.6) is 0 Å². The third kappa shape index (κ3) is 2.80. The highest BCUT2D eigenvalue weighted by Gasteiger charge is 2.47. The van der Waals surface area contributed by atoms with Gasteiger partial charge in [-0.15, -0.1) is 0 Å². The first-order chi connectivity index (χ1) is 8.13. The lowest BCUT2D eigenvalue weighted by atomic mass is 9.86. The summed E-state index contributed by atoms with van der Waals surface area (Å²) in [7, 11) is 0. The SMILES string of the molecule is NCCCC[C@@H]1C[C@@H](O)[C@@H]2[C@H](O)[C@H](O)CN2C1. The summed E-state index contributed by atoms with van der Waals surface area (Å²) in [6.07, 6.45) is 1.91. The first kappa shape index (κ1) is 13.2. The Morgan fingerprint density at radius 1 is 1.06 bits per heavy atom. The molecule has 2 rings (SSSR count). The fourth-order valence-corrected chi connectivity index (χ4v) is 3.25. The summed E-state index contributed by atoms with van der Waals surface area (Å²) in [5.41, 5.74) is 5.47. The van der Waals surface area contributed by atoms with Gasteiger partial charge in [-0.3, -0.25) is 4.90 Å². The molecule has 5 heteroatoms. The third-order valence-corrected chi connectivity index (χ3v) is 4.12. The van der Waals surface area contributed by atoms with Crippen LogP contribution in [0.3, 0.4) is 0 Å². The van der Waals surface area contributed by atoms with Crippen molar-refractivity contribution in [1.29, 1.82) is 0 Å². The molecule has 2 aliphatic rings. The second-order valence-electron chi connectivity index (χ2n) is 5.46. The molecule has 2 saturated heterocycles. The normalized spacial score (nSPS) is 42.7. The van der Waals surface area contributed by atoms with E-state index in [-0.39, 0.29) is 6.04 Å². The maximum Gasteiger partial charge on any atom is 0.0991 e. The fraction of sp³-hybridized carbons (Fsp3) is 1.00. The van der Waals surface area contributed by atoms with E-state index >= 15 is 0 Å². The minimum absolute atomic E-state index is 0.268. The second-order valence-corrected chi connectivity index (χ2v) is 5.46. The molecule has 100 valence electrons. The van der Waals surface area contributed by atoms with Crippen molar-refractivity contribution in [2.45, 2.75) is 50.0 Å². The number of aliphatic hydroxyl groups is 3. The van der Waals surface area contributed by atoms with Crippen LogP contribution in [0.4, 0.5) is 0 Å². The van der Waals surface area contributed by atoms with Crippen molar-refractivity contribution in [2.24, 2.45) is 11.7 Å². The van der Waals surface area contributed by atoms with Crippen LogP contribution < -0.4 is 5.73 Å². The van der Waals surface area contributed by atoms with Crippen LogP contribution in [0.25, 0.3) is 0 Å². The third-order valence-electron chi connectivity index (χ3n) is 4.12. The molecular weight excluding hydrogens is 220 g/mol. The van der Waals surface area contributed by atoms with Gasteiger partial charge in [0, 0.05) is 13.1 Å². The number of piperidine rings is 1. The molecule has 17 heavy (non-hydrogen) atoms. The van der Waals surface area contributed by atoms with Crippen LogP contribution in [0.2, 0.25) is 0 Å². The van der Waals surface area contributed by atoms with Crippen molar-refractivity contribution < 1.29 is 15.3 Å². The largest absolute Gasteiger partial charge is 0.391 e. The number of nitrogens with two attached hydrogens (primary N) is 1. The second kappa shape index (κ2) is 5.63. The molecule has 0 aromatic carbocycles. The molecule has 2 fully saturated rings. The Kier molecular flexibility index (Phi) is 4.38. The number of hydrogen-bond donors (Lipinski definition) is 4. The number of hydrogen-bond acceptors (Lipinski definition) is 5. The van der Waals surface area contributed by atoms with Crippen molar-refractivity contribution in [3.63, 3.8) is 0 Å². The van der Waals surface area contributed by atoms with E-state index in [9.17, 15) is 15.3 Å². The monoisotopic (exact) mass is 244 g/mol. The molecule has 2 heterocycles. The number of fused-ring (bicyclic) bond motifs is 1. The Morgan fingerprint density at radius 3 is 2.53 bits per heavy atom. The molecule has 0 bridgehead atoms. The van der Waals surface area contributed by atoms with E-state index in [0.717, 1.165) is 38.8 Å². The van der Waals surface area contributed by atoms with Gasteiger partial charge in [-0.25, -0.2) is 0 Å². The van der Waals surface area contributed by atoms with Crippen molar-refractivity contribution in [3.8, 4) is 0 Å². The van der Waals surface area contributed by atoms with Crippen LogP contribution in [-0.2, 0) is 0 Å². The van der Waals surface area contributed by atoms with Crippen LogP contribution in [0.15, 0.2) is 0 Å². The molecule has 5 N–H and O–H groups in total. The number of rotatable bonds is 4. The van der Waals surface area contributed by atoms with Gasteiger partial charge in [-0.05, 0) is 31.7 Å². The highest BCUT2D eigenvalue weighted by Crippen LogP contribution is 2.32. The summed E-state index contributed by atoms with van der Waals surface area (Å²) < 4.78 is 0. The molecule has 2 aliphatic heterocycles. The van der Waals surface area contributed by atoms with Gasteiger partial charge in [0.2, 0.25) is 0 Å². The maximum atomic E-state index is 10.1. The van der Waals surface area contributed by atoms with Crippen LogP contribution >= 0.6 is 0 Å². The van der Waals surface area contributed by atoms with E-state index in [0.29, 0.717) is 12.5 Å².